The normalized spacial score (nSPS) is 15.6. The number of anilines is 2. The van der Waals surface area contributed by atoms with Gasteiger partial charge in [0, 0.05) is 35.3 Å². The Kier molecular flexibility index (Phi) is 6.66. The molecule has 3 N–H and O–H groups in total. The van der Waals surface area contributed by atoms with Crippen LogP contribution in [0.25, 0.3) is 0 Å². The van der Waals surface area contributed by atoms with Crippen molar-refractivity contribution < 1.29 is 21.1 Å². The maximum atomic E-state index is 14.3. The van der Waals surface area contributed by atoms with Crippen molar-refractivity contribution in [1.82, 2.24) is 10.6 Å². The van der Waals surface area contributed by atoms with Crippen molar-refractivity contribution in [2.75, 3.05) is 36.4 Å². The van der Waals surface area contributed by atoms with Gasteiger partial charge in [0.25, 0.3) is 5.91 Å². The molecule has 3 aromatic rings. The lowest BCUT2D eigenvalue weighted by Gasteiger charge is -2.31. The van der Waals surface area contributed by atoms with E-state index >= 15 is 0 Å². The van der Waals surface area contributed by atoms with E-state index in [1.165, 1.54) is 36.4 Å². The van der Waals surface area contributed by atoms with Crippen LogP contribution in [0.15, 0.2) is 72.8 Å². The molecule has 0 unspecified atom stereocenters. The highest BCUT2D eigenvalue weighted by Crippen LogP contribution is 2.27. The van der Waals surface area contributed by atoms with Gasteiger partial charge in [-0.1, -0.05) is 42.5 Å². The Morgan fingerprint density at radius 3 is 2.44 bits per heavy atom. The zero-order valence-corrected chi connectivity index (χ0v) is 18.4. The molecule has 1 aliphatic rings. The molecule has 0 bridgehead atoms. The zero-order chi connectivity index (χ0) is 25.7. The van der Waals surface area contributed by atoms with E-state index in [1.807, 2.05) is 4.90 Å². The van der Waals surface area contributed by atoms with Gasteiger partial charge in [-0.05, 0) is 35.9 Å². The van der Waals surface area contributed by atoms with Crippen LogP contribution in [0.5, 0.6) is 0 Å². The number of hydrogen-bond donors (Lipinski definition) is 3. The predicted molar refractivity (Wildman–Crippen MR) is 128 cm³/mol. The first-order valence-corrected chi connectivity index (χ1v) is 10.9. The van der Waals surface area contributed by atoms with Crippen molar-refractivity contribution in [3.05, 3.63) is 95.6 Å². The molecule has 1 heterocycles. The largest absolute Gasteiger partial charge is 0.367 e. The average molecular weight is 467 g/mol. The Hall–Kier alpha value is -3.78. The van der Waals surface area contributed by atoms with Gasteiger partial charge < -0.3 is 20.9 Å². The lowest BCUT2D eigenvalue weighted by atomic mass is 10.0. The second-order valence-electron chi connectivity index (χ2n) is 7.78. The summed E-state index contributed by atoms with van der Waals surface area (Å²) in [6.45, 7) is 2.69. The molecule has 0 aromatic heterocycles. The number of nitrogens with zero attached hydrogens (tertiary/aromatic N) is 1. The number of piperazine rings is 1. The second-order valence-corrected chi connectivity index (χ2v) is 7.78. The van der Waals surface area contributed by atoms with Gasteiger partial charge in [0.15, 0.2) is 0 Å². The van der Waals surface area contributed by atoms with Gasteiger partial charge in [0.2, 0.25) is 5.91 Å². The van der Waals surface area contributed by atoms with E-state index in [9.17, 15) is 18.4 Å². The Labute approximate surface area is 199 Å². The molecule has 176 valence electrons. The van der Waals surface area contributed by atoms with E-state index in [4.69, 9.17) is 2.74 Å². The van der Waals surface area contributed by atoms with Crippen LogP contribution in [0.1, 0.15) is 18.7 Å². The van der Waals surface area contributed by atoms with Gasteiger partial charge in [-0.25, -0.2) is 8.78 Å². The lowest BCUT2D eigenvalue weighted by Crippen LogP contribution is -2.46. The van der Waals surface area contributed by atoms with Gasteiger partial charge in [-0.2, -0.15) is 0 Å². The lowest BCUT2D eigenvalue weighted by molar-refractivity contribution is -0.118. The summed E-state index contributed by atoms with van der Waals surface area (Å²) in [5.74, 6) is -3.24. The molecular formula is C26H26F2N4O2. The molecule has 2 amide bonds. The molecule has 1 saturated heterocycles. The molecule has 3 aromatic carbocycles. The highest BCUT2D eigenvalue weighted by Gasteiger charge is 2.25. The van der Waals surface area contributed by atoms with E-state index in [0.717, 1.165) is 12.1 Å². The van der Waals surface area contributed by atoms with Gasteiger partial charge in [-0.15, -0.1) is 0 Å². The van der Waals surface area contributed by atoms with Crippen molar-refractivity contribution in [2.45, 2.75) is 12.4 Å². The number of carbonyl (C=O) groups excluding carboxylic acids is 2. The fourth-order valence-corrected chi connectivity index (χ4v) is 3.72. The fraction of sp³-hybridized carbons (Fsp3) is 0.231. The summed E-state index contributed by atoms with van der Waals surface area (Å²) in [5.41, 5.74) is 0.536. The van der Waals surface area contributed by atoms with Gasteiger partial charge in [-0.3, -0.25) is 9.59 Å². The second kappa shape index (κ2) is 10.9. The van der Waals surface area contributed by atoms with E-state index in [-0.39, 0.29) is 16.8 Å². The molecule has 1 aliphatic heterocycles. The van der Waals surface area contributed by atoms with E-state index in [1.54, 1.807) is 24.3 Å². The van der Waals surface area contributed by atoms with Gasteiger partial charge in [0.1, 0.15) is 17.7 Å². The van der Waals surface area contributed by atoms with E-state index < -0.39 is 35.9 Å². The molecule has 0 saturated carbocycles. The summed E-state index contributed by atoms with van der Waals surface area (Å²) in [5, 5.41) is 8.19. The first-order chi connectivity index (χ1) is 17.3. The van der Waals surface area contributed by atoms with Crippen molar-refractivity contribution in [3.8, 4) is 0 Å². The maximum absolute atomic E-state index is 14.3. The predicted octanol–water partition coefficient (Wildman–Crippen LogP) is 3.35. The highest BCUT2D eigenvalue weighted by molar-refractivity contribution is 6.02. The summed E-state index contributed by atoms with van der Waals surface area (Å²) in [6.07, 6.45) is -2.38. The molecular weight excluding hydrogens is 438 g/mol. The average Bonchev–Trinajstić information content (AvgIpc) is 2.88. The quantitative estimate of drug-likeness (QED) is 0.499. The van der Waals surface area contributed by atoms with Crippen LogP contribution < -0.4 is 20.9 Å². The summed E-state index contributed by atoms with van der Waals surface area (Å²) < 4.78 is 45.9. The molecule has 4 rings (SSSR count). The first kappa shape index (κ1) is 20.8. The first-order valence-electron chi connectivity index (χ1n) is 11.9. The number of carbonyl (C=O) groups is 2. The number of rotatable bonds is 7. The summed E-state index contributed by atoms with van der Waals surface area (Å²) in [4.78, 5) is 28.4. The number of hydrogen-bond acceptors (Lipinski definition) is 4. The van der Waals surface area contributed by atoms with Crippen LogP contribution in [0, 0.1) is 11.6 Å². The maximum Gasteiger partial charge on any atom is 0.254 e. The molecule has 1 atom stereocenters. The number of amides is 2. The van der Waals surface area contributed by atoms with Gasteiger partial charge >= 0.3 is 0 Å². The van der Waals surface area contributed by atoms with E-state index in [2.05, 4.69) is 16.0 Å². The summed E-state index contributed by atoms with van der Waals surface area (Å²) in [6, 6.07) is 15.3. The molecule has 34 heavy (non-hydrogen) atoms. The van der Waals surface area contributed by atoms with Gasteiger partial charge in [0.05, 0.1) is 16.9 Å². The van der Waals surface area contributed by atoms with Crippen LogP contribution in [0.4, 0.5) is 20.2 Å². The molecule has 1 fully saturated rings. The molecule has 0 radical (unpaired) electrons. The molecule has 0 spiro atoms. The van der Waals surface area contributed by atoms with Crippen LogP contribution in [0.2, 0.25) is 0 Å². The standard InChI is InChI=1S/C26H26F2N4O2/c27-19-10-11-24(32-14-12-29-13-15-32)22(17-19)30-26(34)23(16-18-6-2-1-3-7-18)31-25(33)20-8-4-5-9-21(20)28/h1-11,17,23,29H,12-16H2,(H,30,34)(H,31,33)/t23-/m1/s1/i16D2. The number of benzene rings is 3. The molecule has 8 heteroatoms. The Bertz CT molecular complexity index is 1240. The Balaban J connectivity index is 1.68. The SMILES string of the molecule is [2H]C([2H])(c1ccccc1)[C@@H](NC(=O)c1ccccc1F)C(=O)Nc1cc(F)ccc1N1CCNCC1. The third-order valence-electron chi connectivity index (χ3n) is 5.42. The fourth-order valence-electron chi connectivity index (χ4n) is 3.72. The van der Waals surface area contributed by atoms with E-state index in [0.29, 0.717) is 31.9 Å². The zero-order valence-electron chi connectivity index (χ0n) is 20.4. The minimum absolute atomic E-state index is 0.139. The monoisotopic (exact) mass is 466 g/mol. The number of halogens is 2. The Morgan fingerprint density at radius 1 is 1.00 bits per heavy atom. The highest BCUT2D eigenvalue weighted by atomic mass is 19.1. The van der Waals surface area contributed by atoms with Crippen LogP contribution in [0.3, 0.4) is 0 Å². The third kappa shape index (κ3) is 5.77. The summed E-state index contributed by atoms with van der Waals surface area (Å²) in [7, 11) is 0. The molecule has 0 aliphatic carbocycles. The summed E-state index contributed by atoms with van der Waals surface area (Å²) >= 11 is 0. The van der Waals surface area contributed by atoms with Crippen LogP contribution in [-0.2, 0) is 11.2 Å². The third-order valence-corrected chi connectivity index (χ3v) is 5.42. The van der Waals surface area contributed by atoms with Crippen LogP contribution in [-0.4, -0.2) is 44.0 Å². The van der Waals surface area contributed by atoms with Crippen LogP contribution >= 0.6 is 0 Å². The topological polar surface area (TPSA) is 73.5 Å². The number of nitrogens with one attached hydrogen (secondary N) is 3. The minimum Gasteiger partial charge on any atom is -0.367 e. The van der Waals surface area contributed by atoms with Crippen molar-refractivity contribution in [1.29, 1.82) is 0 Å². The van der Waals surface area contributed by atoms with Crippen molar-refractivity contribution in [2.24, 2.45) is 0 Å². The van der Waals surface area contributed by atoms with Crippen molar-refractivity contribution >= 4 is 23.2 Å². The van der Waals surface area contributed by atoms with Crippen molar-refractivity contribution in [3.63, 3.8) is 0 Å². The molecule has 6 nitrogen and oxygen atoms in total. The Morgan fingerprint density at radius 2 is 1.71 bits per heavy atom. The smallest absolute Gasteiger partial charge is 0.254 e. The minimum atomic E-state index is -2.38.